The Hall–Kier alpha value is -1.20. The van der Waals surface area contributed by atoms with Crippen LogP contribution in [0.1, 0.15) is 5.69 Å². The van der Waals surface area contributed by atoms with Crippen molar-refractivity contribution < 1.29 is 5.11 Å². The lowest BCUT2D eigenvalue weighted by Crippen LogP contribution is -2.27. The zero-order valence-electron chi connectivity index (χ0n) is 8.43. The molecule has 5 heteroatoms. The maximum absolute atomic E-state index is 8.85. The zero-order valence-corrected chi connectivity index (χ0v) is 8.43. The molecule has 0 unspecified atom stereocenters. The van der Waals surface area contributed by atoms with Crippen molar-refractivity contribution in [1.82, 2.24) is 19.9 Å². The molecule has 5 nitrogen and oxygen atoms in total. The van der Waals surface area contributed by atoms with E-state index in [1.807, 2.05) is 13.1 Å². The summed E-state index contributed by atoms with van der Waals surface area (Å²) in [6.07, 6.45) is 3.55. The molecular formula is C9H16N4O. The first kappa shape index (κ1) is 10.9. The molecular weight excluding hydrogens is 180 g/mol. The van der Waals surface area contributed by atoms with Crippen molar-refractivity contribution in [2.75, 3.05) is 19.7 Å². The third kappa shape index (κ3) is 2.93. The largest absolute Gasteiger partial charge is 0.395 e. The minimum absolute atomic E-state index is 0.152. The summed E-state index contributed by atoms with van der Waals surface area (Å²) in [7, 11) is 1.85. The van der Waals surface area contributed by atoms with E-state index in [0.29, 0.717) is 6.54 Å². The highest BCUT2D eigenvalue weighted by Gasteiger charge is 2.06. The van der Waals surface area contributed by atoms with Crippen molar-refractivity contribution in [2.45, 2.75) is 6.54 Å². The molecule has 1 rings (SSSR count). The topological polar surface area (TPSA) is 54.2 Å². The Balaban J connectivity index is 2.54. The number of aryl methyl sites for hydroxylation is 1. The van der Waals surface area contributed by atoms with Crippen molar-refractivity contribution in [3.8, 4) is 0 Å². The molecule has 0 amide bonds. The van der Waals surface area contributed by atoms with Crippen LogP contribution in [0.2, 0.25) is 0 Å². The molecule has 0 fully saturated rings. The minimum Gasteiger partial charge on any atom is -0.395 e. The lowest BCUT2D eigenvalue weighted by molar-refractivity contribution is 0.200. The second-order valence-corrected chi connectivity index (χ2v) is 3.10. The maximum Gasteiger partial charge on any atom is 0.0738 e. The van der Waals surface area contributed by atoms with Gasteiger partial charge in [0.2, 0.25) is 0 Å². The van der Waals surface area contributed by atoms with Crippen LogP contribution in [0.25, 0.3) is 0 Å². The average Bonchev–Trinajstić information content (AvgIpc) is 2.53. The number of aliphatic hydroxyl groups excluding tert-OH is 1. The van der Waals surface area contributed by atoms with Gasteiger partial charge in [-0.1, -0.05) is 11.3 Å². The molecule has 78 valence electrons. The molecule has 1 aromatic heterocycles. The molecule has 1 heterocycles. The first-order valence-corrected chi connectivity index (χ1v) is 4.55. The summed E-state index contributed by atoms with van der Waals surface area (Å²) in [4.78, 5) is 2.08. The molecule has 0 saturated heterocycles. The highest BCUT2D eigenvalue weighted by atomic mass is 16.3. The minimum atomic E-state index is 0.152. The van der Waals surface area contributed by atoms with E-state index in [1.165, 1.54) is 0 Å². The number of hydrogen-bond acceptors (Lipinski definition) is 4. The first-order valence-electron chi connectivity index (χ1n) is 4.55. The van der Waals surface area contributed by atoms with Crippen LogP contribution in [0.4, 0.5) is 0 Å². The van der Waals surface area contributed by atoms with Gasteiger partial charge in [-0.25, -0.2) is 0 Å². The highest BCUT2D eigenvalue weighted by molar-refractivity contribution is 4.93. The van der Waals surface area contributed by atoms with Crippen LogP contribution in [0.15, 0.2) is 18.9 Å². The van der Waals surface area contributed by atoms with Crippen LogP contribution >= 0.6 is 0 Å². The fraction of sp³-hybridized carbons (Fsp3) is 0.556. The summed E-state index contributed by atoms with van der Waals surface area (Å²) in [5.41, 5.74) is 1.03. The van der Waals surface area contributed by atoms with Crippen molar-refractivity contribution >= 4 is 0 Å². The van der Waals surface area contributed by atoms with Crippen molar-refractivity contribution in [3.05, 3.63) is 24.5 Å². The van der Waals surface area contributed by atoms with Crippen molar-refractivity contribution in [1.29, 1.82) is 0 Å². The average molecular weight is 196 g/mol. The van der Waals surface area contributed by atoms with E-state index in [9.17, 15) is 0 Å². The molecule has 0 radical (unpaired) electrons. The van der Waals surface area contributed by atoms with Gasteiger partial charge >= 0.3 is 0 Å². The Bertz CT molecular complexity index is 284. The summed E-state index contributed by atoms with van der Waals surface area (Å²) < 4.78 is 1.73. The maximum atomic E-state index is 8.85. The molecule has 0 spiro atoms. The highest BCUT2D eigenvalue weighted by Crippen LogP contribution is 2.00. The molecule has 0 aliphatic rings. The summed E-state index contributed by atoms with van der Waals surface area (Å²) in [6.45, 7) is 5.95. The Morgan fingerprint density at radius 3 is 3.00 bits per heavy atom. The van der Waals surface area contributed by atoms with Gasteiger partial charge in [0.1, 0.15) is 0 Å². The first-order chi connectivity index (χ1) is 6.77. The smallest absolute Gasteiger partial charge is 0.0738 e. The van der Waals surface area contributed by atoms with E-state index in [-0.39, 0.29) is 6.61 Å². The molecule has 1 aromatic rings. The van der Waals surface area contributed by atoms with Gasteiger partial charge in [0, 0.05) is 26.7 Å². The van der Waals surface area contributed by atoms with Crippen LogP contribution < -0.4 is 0 Å². The fourth-order valence-corrected chi connectivity index (χ4v) is 1.24. The summed E-state index contributed by atoms with van der Waals surface area (Å²) in [6, 6.07) is 0. The molecule has 0 bridgehead atoms. The summed E-state index contributed by atoms with van der Waals surface area (Å²) in [5.74, 6) is 0. The van der Waals surface area contributed by atoms with E-state index in [0.717, 1.165) is 18.8 Å². The fourth-order valence-electron chi connectivity index (χ4n) is 1.24. The van der Waals surface area contributed by atoms with E-state index in [4.69, 9.17) is 5.11 Å². The van der Waals surface area contributed by atoms with Crippen LogP contribution in [0, 0.1) is 0 Å². The van der Waals surface area contributed by atoms with Crippen molar-refractivity contribution in [3.63, 3.8) is 0 Å². The molecule has 0 atom stereocenters. The molecule has 1 N–H and O–H groups in total. The van der Waals surface area contributed by atoms with Gasteiger partial charge in [0.25, 0.3) is 0 Å². The predicted molar refractivity (Wildman–Crippen MR) is 53.6 cm³/mol. The number of hydrogen-bond donors (Lipinski definition) is 1. The Morgan fingerprint density at radius 1 is 1.71 bits per heavy atom. The third-order valence-corrected chi connectivity index (χ3v) is 2.00. The summed E-state index contributed by atoms with van der Waals surface area (Å²) >= 11 is 0. The quantitative estimate of drug-likeness (QED) is 0.640. The van der Waals surface area contributed by atoms with Gasteiger partial charge in [-0.05, 0) is 0 Å². The Labute approximate surface area is 83.6 Å². The Kier molecular flexibility index (Phi) is 4.28. The van der Waals surface area contributed by atoms with Gasteiger partial charge in [0.15, 0.2) is 0 Å². The van der Waals surface area contributed by atoms with Crippen LogP contribution in [0.5, 0.6) is 0 Å². The SMILES string of the molecule is C=CCN(CCO)Cc1cnnn1C. The monoisotopic (exact) mass is 196 g/mol. The molecule has 0 aliphatic heterocycles. The van der Waals surface area contributed by atoms with Gasteiger partial charge in [0.05, 0.1) is 18.5 Å². The molecule has 0 aromatic carbocycles. The molecule has 14 heavy (non-hydrogen) atoms. The van der Waals surface area contributed by atoms with Crippen LogP contribution in [0.3, 0.4) is 0 Å². The van der Waals surface area contributed by atoms with Crippen LogP contribution in [-0.2, 0) is 13.6 Å². The number of aliphatic hydroxyl groups is 1. The lowest BCUT2D eigenvalue weighted by Gasteiger charge is -2.18. The van der Waals surface area contributed by atoms with E-state index in [1.54, 1.807) is 10.9 Å². The number of nitrogens with zero attached hydrogens (tertiary/aromatic N) is 4. The normalized spacial score (nSPS) is 10.8. The van der Waals surface area contributed by atoms with Crippen LogP contribution in [-0.4, -0.2) is 44.7 Å². The lowest BCUT2D eigenvalue weighted by atomic mass is 10.4. The summed E-state index contributed by atoms with van der Waals surface area (Å²) in [5, 5.41) is 16.5. The van der Waals surface area contributed by atoms with Gasteiger partial charge in [-0.3, -0.25) is 9.58 Å². The van der Waals surface area contributed by atoms with E-state index in [2.05, 4.69) is 21.8 Å². The number of rotatable bonds is 6. The van der Waals surface area contributed by atoms with Gasteiger partial charge in [-0.2, -0.15) is 0 Å². The van der Waals surface area contributed by atoms with E-state index < -0.39 is 0 Å². The number of aromatic nitrogens is 3. The standard InChI is InChI=1S/C9H16N4O/c1-3-4-13(5-6-14)8-9-7-10-11-12(9)2/h3,7,14H,1,4-6,8H2,2H3. The second kappa shape index (κ2) is 5.51. The zero-order chi connectivity index (χ0) is 10.4. The third-order valence-electron chi connectivity index (χ3n) is 2.00. The Morgan fingerprint density at radius 2 is 2.50 bits per heavy atom. The second-order valence-electron chi connectivity index (χ2n) is 3.10. The van der Waals surface area contributed by atoms with E-state index >= 15 is 0 Å². The van der Waals surface area contributed by atoms with Crippen molar-refractivity contribution in [2.24, 2.45) is 7.05 Å². The molecule has 0 saturated carbocycles. The predicted octanol–water partition coefficient (Wildman–Crippen LogP) is -0.205. The molecule has 0 aliphatic carbocycles. The van der Waals surface area contributed by atoms with Gasteiger partial charge < -0.3 is 5.11 Å². The van der Waals surface area contributed by atoms with Gasteiger partial charge in [-0.15, -0.1) is 11.7 Å².